The van der Waals surface area contributed by atoms with Crippen molar-refractivity contribution in [3.05, 3.63) is 91.4 Å². The van der Waals surface area contributed by atoms with Crippen molar-refractivity contribution in [3.63, 3.8) is 0 Å². The Balaban J connectivity index is 1.37. The SMILES string of the molecule is c1ccc(CCNc2nccc(-n3cnc4cc(-c5cncnc5)ccc43)n2)cc1. The van der Waals surface area contributed by atoms with Crippen LogP contribution in [0.25, 0.3) is 28.0 Å². The molecule has 0 spiro atoms. The molecule has 0 aliphatic rings. The van der Waals surface area contributed by atoms with Gasteiger partial charge in [-0.3, -0.25) is 4.57 Å². The molecule has 0 fully saturated rings. The fraction of sp³-hybridized carbons (Fsp3) is 0.0870. The first-order chi connectivity index (χ1) is 14.9. The lowest BCUT2D eigenvalue weighted by Crippen LogP contribution is -2.09. The van der Waals surface area contributed by atoms with E-state index in [0.717, 1.165) is 40.9 Å². The summed E-state index contributed by atoms with van der Waals surface area (Å²) >= 11 is 0. The van der Waals surface area contributed by atoms with Crippen molar-refractivity contribution in [1.82, 2.24) is 29.5 Å². The van der Waals surface area contributed by atoms with Crippen molar-refractivity contribution in [1.29, 1.82) is 0 Å². The van der Waals surface area contributed by atoms with Gasteiger partial charge in [-0.1, -0.05) is 36.4 Å². The second kappa shape index (κ2) is 8.08. The molecular formula is C23H19N7. The zero-order chi connectivity index (χ0) is 20.2. The lowest BCUT2D eigenvalue weighted by Gasteiger charge is -2.08. The maximum atomic E-state index is 4.66. The molecule has 1 N–H and O–H groups in total. The van der Waals surface area contributed by atoms with Crippen molar-refractivity contribution in [2.24, 2.45) is 0 Å². The van der Waals surface area contributed by atoms with Gasteiger partial charge in [0.15, 0.2) is 0 Å². The molecule has 0 unspecified atom stereocenters. The van der Waals surface area contributed by atoms with E-state index in [-0.39, 0.29) is 0 Å². The van der Waals surface area contributed by atoms with Crippen LogP contribution >= 0.6 is 0 Å². The van der Waals surface area contributed by atoms with E-state index in [2.05, 4.69) is 42.4 Å². The lowest BCUT2D eigenvalue weighted by atomic mass is 10.1. The Bertz CT molecular complexity index is 1270. The molecule has 0 radical (unpaired) electrons. The Morgan fingerprint density at radius 1 is 0.867 bits per heavy atom. The number of nitrogens with one attached hydrogen (secondary N) is 1. The average Bonchev–Trinajstić information content (AvgIpc) is 3.24. The Morgan fingerprint density at radius 3 is 2.60 bits per heavy atom. The van der Waals surface area contributed by atoms with Gasteiger partial charge < -0.3 is 5.32 Å². The summed E-state index contributed by atoms with van der Waals surface area (Å²) in [6, 6.07) is 18.3. The lowest BCUT2D eigenvalue weighted by molar-refractivity contribution is 0.953. The molecule has 0 atom stereocenters. The minimum Gasteiger partial charge on any atom is -0.354 e. The van der Waals surface area contributed by atoms with Crippen molar-refractivity contribution in [2.45, 2.75) is 6.42 Å². The number of benzene rings is 2. The van der Waals surface area contributed by atoms with Crippen LogP contribution in [0, 0.1) is 0 Å². The standard InChI is InChI=1S/C23H19N7/c1-2-4-17(5-3-1)8-10-26-23-27-11-9-22(29-23)30-16-28-20-12-18(6-7-21(20)30)19-13-24-15-25-14-19/h1-7,9,11-16H,8,10H2,(H,26,27,29). The van der Waals surface area contributed by atoms with Gasteiger partial charge in [-0.2, -0.15) is 4.98 Å². The highest BCUT2D eigenvalue weighted by molar-refractivity contribution is 5.83. The molecule has 7 nitrogen and oxygen atoms in total. The summed E-state index contributed by atoms with van der Waals surface area (Å²) in [6.45, 7) is 0.765. The van der Waals surface area contributed by atoms with E-state index in [0.29, 0.717) is 5.95 Å². The fourth-order valence-corrected chi connectivity index (χ4v) is 3.35. The third-order valence-electron chi connectivity index (χ3n) is 4.87. The van der Waals surface area contributed by atoms with E-state index in [1.807, 2.05) is 47.0 Å². The van der Waals surface area contributed by atoms with Gasteiger partial charge in [0, 0.05) is 30.7 Å². The maximum Gasteiger partial charge on any atom is 0.224 e. The van der Waals surface area contributed by atoms with Crippen LogP contribution in [0.4, 0.5) is 5.95 Å². The van der Waals surface area contributed by atoms with Crippen molar-refractivity contribution < 1.29 is 0 Å². The first kappa shape index (κ1) is 17.9. The molecule has 30 heavy (non-hydrogen) atoms. The number of anilines is 1. The molecule has 7 heteroatoms. The van der Waals surface area contributed by atoms with Crippen LogP contribution in [0.15, 0.2) is 85.8 Å². The van der Waals surface area contributed by atoms with Gasteiger partial charge in [-0.15, -0.1) is 0 Å². The molecule has 3 heterocycles. The predicted octanol–water partition coefficient (Wildman–Crippen LogP) is 3.93. The average molecular weight is 393 g/mol. The first-order valence-electron chi connectivity index (χ1n) is 9.70. The summed E-state index contributed by atoms with van der Waals surface area (Å²) in [4.78, 5) is 21.7. The molecule has 146 valence electrons. The van der Waals surface area contributed by atoms with Crippen LogP contribution in [0.5, 0.6) is 0 Å². The highest BCUT2D eigenvalue weighted by Crippen LogP contribution is 2.24. The van der Waals surface area contributed by atoms with Crippen LogP contribution in [-0.2, 0) is 6.42 Å². The molecule has 0 amide bonds. The fourth-order valence-electron chi connectivity index (χ4n) is 3.35. The van der Waals surface area contributed by atoms with Crippen LogP contribution in [-0.4, -0.2) is 36.0 Å². The smallest absolute Gasteiger partial charge is 0.224 e. The molecule has 5 rings (SSSR count). The largest absolute Gasteiger partial charge is 0.354 e. The van der Waals surface area contributed by atoms with Gasteiger partial charge in [0.2, 0.25) is 5.95 Å². The molecule has 0 bridgehead atoms. The van der Waals surface area contributed by atoms with Gasteiger partial charge in [-0.05, 0) is 35.7 Å². The molecule has 2 aromatic carbocycles. The summed E-state index contributed by atoms with van der Waals surface area (Å²) in [6.07, 6.45) is 9.57. The third-order valence-corrected chi connectivity index (χ3v) is 4.87. The summed E-state index contributed by atoms with van der Waals surface area (Å²) in [7, 11) is 0. The monoisotopic (exact) mass is 393 g/mol. The number of rotatable bonds is 6. The normalized spacial score (nSPS) is 10.9. The number of nitrogens with zero attached hydrogens (tertiary/aromatic N) is 6. The van der Waals surface area contributed by atoms with Crippen molar-refractivity contribution in [2.75, 3.05) is 11.9 Å². The second-order valence-electron chi connectivity index (χ2n) is 6.85. The van der Waals surface area contributed by atoms with E-state index >= 15 is 0 Å². The number of fused-ring (bicyclic) bond motifs is 1. The number of hydrogen-bond donors (Lipinski definition) is 1. The number of aromatic nitrogens is 6. The topological polar surface area (TPSA) is 81.4 Å². The van der Waals surface area contributed by atoms with Crippen LogP contribution < -0.4 is 5.32 Å². The Hall–Kier alpha value is -4.13. The molecule has 3 aromatic heterocycles. The second-order valence-corrected chi connectivity index (χ2v) is 6.85. The molecule has 0 aliphatic carbocycles. The highest BCUT2D eigenvalue weighted by Gasteiger charge is 2.09. The summed E-state index contributed by atoms with van der Waals surface area (Å²) in [5.74, 6) is 1.37. The van der Waals surface area contributed by atoms with E-state index in [9.17, 15) is 0 Å². The van der Waals surface area contributed by atoms with E-state index < -0.39 is 0 Å². The quantitative estimate of drug-likeness (QED) is 0.471. The Morgan fingerprint density at radius 2 is 1.73 bits per heavy atom. The van der Waals surface area contributed by atoms with Crippen LogP contribution in [0.1, 0.15) is 5.56 Å². The first-order valence-corrected chi connectivity index (χ1v) is 9.70. The maximum absolute atomic E-state index is 4.66. The Kier molecular flexibility index (Phi) is 4.83. The highest BCUT2D eigenvalue weighted by atomic mass is 15.2. The summed E-state index contributed by atoms with van der Waals surface area (Å²) in [5.41, 5.74) is 5.12. The summed E-state index contributed by atoms with van der Waals surface area (Å²) in [5, 5.41) is 3.30. The minimum atomic E-state index is 0.600. The third kappa shape index (κ3) is 3.73. The van der Waals surface area contributed by atoms with E-state index in [1.165, 1.54) is 11.9 Å². The zero-order valence-electron chi connectivity index (χ0n) is 16.2. The minimum absolute atomic E-state index is 0.600. The van der Waals surface area contributed by atoms with E-state index in [4.69, 9.17) is 0 Å². The number of hydrogen-bond acceptors (Lipinski definition) is 6. The number of imidazole rings is 1. The van der Waals surface area contributed by atoms with Gasteiger partial charge in [0.1, 0.15) is 18.5 Å². The predicted molar refractivity (Wildman–Crippen MR) is 116 cm³/mol. The summed E-state index contributed by atoms with van der Waals surface area (Å²) < 4.78 is 1.96. The molecule has 5 aromatic rings. The van der Waals surface area contributed by atoms with Gasteiger partial charge >= 0.3 is 0 Å². The van der Waals surface area contributed by atoms with Gasteiger partial charge in [0.25, 0.3) is 0 Å². The molecule has 0 saturated heterocycles. The molecule has 0 saturated carbocycles. The van der Waals surface area contributed by atoms with Gasteiger partial charge in [-0.25, -0.2) is 19.9 Å². The van der Waals surface area contributed by atoms with Crippen LogP contribution in [0.2, 0.25) is 0 Å². The van der Waals surface area contributed by atoms with Gasteiger partial charge in [0.05, 0.1) is 11.0 Å². The zero-order valence-corrected chi connectivity index (χ0v) is 16.2. The van der Waals surface area contributed by atoms with Crippen molar-refractivity contribution >= 4 is 17.0 Å². The Labute approximate surface area is 173 Å². The van der Waals surface area contributed by atoms with Crippen molar-refractivity contribution in [3.8, 4) is 16.9 Å². The molecule has 0 aliphatic heterocycles. The molecular weight excluding hydrogens is 374 g/mol. The van der Waals surface area contributed by atoms with E-state index in [1.54, 1.807) is 24.9 Å². The van der Waals surface area contributed by atoms with Crippen LogP contribution in [0.3, 0.4) is 0 Å².